The second kappa shape index (κ2) is 5.28. The molecule has 1 aliphatic rings. The van der Waals surface area contributed by atoms with E-state index in [2.05, 4.69) is 0 Å². The number of halogens is 2. The van der Waals surface area contributed by atoms with Crippen molar-refractivity contribution in [2.75, 3.05) is 13.1 Å². The van der Waals surface area contributed by atoms with Crippen molar-refractivity contribution in [1.82, 2.24) is 4.90 Å². The van der Waals surface area contributed by atoms with Crippen molar-refractivity contribution >= 4 is 29.1 Å². The Morgan fingerprint density at radius 3 is 2.82 bits per heavy atom. The maximum absolute atomic E-state index is 12.3. The first-order valence-electron chi connectivity index (χ1n) is 5.77. The molecule has 0 saturated carbocycles. The highest BCUT2D eigenvalue weighted by Crippen LogP contribution is 2.20. The Morgan fingerprint density at radius 2 is 2.18 bits per heavy atom. The number of hydrogen-bond acceptors (Lipinski definition) is 1. The molecule has 1 amide bonds. The molecule has 0 radical (unpaired) electrons. The highest BCUT2D eigenvalue weighted by Gasteiger charge is 2.23. The van der Waals surface area contributed by atoms with Crippen molar-refractivity contribution in [3.05, 3.63) is 34.3 Å². The van der Waals surface area contributed by atoms with Crippen molar-refractivity contribution < 1.29 is 4.79 Å². The Balaban J connectivity index is 2.18. The van der Waals surface area contributed by atoms with Crippen LogP contribution in [0.2, 0.25) is 5.02 Å². The third-order valence-electron chi connectivity index (χ3n) is 2.94. The van der Waals surface area contributed by atoms with E-state index in [1.54, 1.807) is 6.07 Å². The van der Waals surface area contributed by atoms with Crippen LogP contribution < -0.4 is 0 Å². The fraction of sp³-hybridized carbons (Fsp3) is 0.462. The molecule has 1 saturated heterocycles. The monoisotopic (exact) mass is 271 g/mol. The van der Waals surface area contributed by atoms with Gasteiger partial charge in [-0.15, -0.1) is 11.6 Å². The van der Waals surface area contributed by atoms with E-state index < -0.39 is 0 Å². The largest absolute Gasteiger partial charge is 0.337 e. The van der Waals surface area contributed by atoms with Gasteiger partial charge in [-0.25, -0.2) is 0 Å². The number of nitrogens with zero attached hydrogens (tertiary/aromatic N) is 1. The van der Waals surface area contributed by atoms with Crippen molar-refractivity contribution in [3.8, 4) is 0 Å². The molecule has 0 aromatic heterocycles. The van der Waals surface area contributed by atoms with Gasteiger partial charge in [-0.1, -0.05) is 11.6 Å². The van der Waals surface area contributed by atoms with Crippen LogP contribution in [0, 0.1) is 6.92 Å². The molecule has 1 fully saturated rings. The first-order chi connectivity index (χ1) is 8.06. The average Bonchev–Trinajstić information content (AvgIpc) is 2.26. The number of alkyl halides is 1. The van der Waals surface area contributed by atoms with E-state index in [0.717, 1.165) is 24.9 Å². The topological polar surface area (TPSA) is 20.3 Å². The van der Waals surface area contributed by atoms with Gasteiger partial charge in [0.15, 0.2) is 0 Å². The molecule has 0 bridgehead atoms. The molecule has 0 spiro atoms. The molecule has 0 N–H and O–H groups in total. The molecule has 1 atom stereocenters. The van der Waals surface area contributed by atoms with Crippen molar-refractivity contribution in [1.29, 1.82) is 0 Å². The van der Waals surface area contributed by atoms with Gasteiger partial charge in [-0.2, -0.15) is 0 Å². The van der Waals surface area contributed by atoms with Gasteiger partial charge in [0.1, 0.15) is 0 Å². The number of carbonyl (C=O) groups excluding carboxylic acids is 1. The molecule has 4 heteroatoms. The molecule has 92 valence electrons. The lowest BCUT2D eigenvalue weighted by atomic mass is 10.1. The van der Waals surface area contributed by atoms with Crippen molar-refractivity contribution in [2.24, 2.45) is 0 Å². The van der Waals surface area contributed by atoms with Gasteiger partial charge in [0.2, 0.25) is 0 Å². The van der Waals surface area contributed by atoms with Crippen LogP contribution in [-0.4, -0.2) is 29.3 Å². The standard InChI is InChI=1S/C13H15Cl2NO/c1-9-5-10(7-12(15)6-9)13(17)16-4-2-3-11(14)8-16/h5-7,11H,2-4,8H2,1H3. The number of benzene rings is 1. The highest BCUT2D eigenvalue weighted by molar-refractivity contribution is 6.31. The predicted molar refractivity (Wildman–Crippen MR) is 71.0 cm³/mol. The smallest absolute Gasteiger partial charge is 0.253 e. The third kappa shape index (κ3) is 3.14. The minimum Gasteiger partial charge on any atom is -0.337 e. The summed E-state index contributed by atoms with van der Waals surface area (Å²) in [6.45, 7) is 3.35. The third-order valence-corrected chi connectivity index (χ3v) is 3.51. The summed E-state index contributed by atoms with van der Waals surface area (Å²) in [5.74, 6) is 0.0287. The number of rotatable bonds is 1. The van der Waals surface area contributed by atoms with Crippen LogP contribution >= 0.6 is 23.2 Å². The Hall–Kier alpha value is -0.730. The molecule has 1 unspecified atom stereocenters. The SMILES string of the molecule is Cc1cc(Cl)cc(C(=O)N2CCCC(Cl)C2)c1. The second-order valence-corrected chi connectivity index (χ2v) is 5.56. The molecule has 0 aliphatic carbocycles. The summed E-state index contributed by atoms with van der Waals surface area (Å²) in [6.07, 6.45) is 1.96. The van der Waals surface area contributed by atoms with Gasteiger partial charge in [0.25, 0.3) is 5.91 Å². The Morgan fingerprint density at radius 1 is 1.41 bits per heavy atom. The Labute approximate surface area is 112 Å². The summed E-state index contributed by atoms with van der Waals surface area (Å²) in [6, 6.07) is 5.43. The van der Waals surface area contributed by atoms with Crippen molar-refractivity contribution in [2.45, 2.75) is 25.1 Å². The number of aryl methyl sites for hydroxylation is 1. The maximum atomic E-state index is 12.3. The van der Waals surface area contributed by atoms with Crippen LogP contribution in [0.25, 0.3) is 0 Å². The average molecular weight is 272 g/mol. The lowest BCUT2D eigenvalue weighted by Crippen LogP contribution is -2.40. The van der Waals surface area contributed by atoms with Crippen LogP contribution in [0.1, 0.15) is 28.8 Å². The zero-order valence-corrected chi connectivity index (χ0v) is 11.3. The van der Waals surface area contributed by atoms with E-state index >= 15 is 0 Å². The summed E-state index contributed by atoms with van der Waals surface area (Å²) in [7, 11) is 0. The summed E-state index contributed by atoms with van der Waals surface area (Å²) in [5.41, 5.74) is 1.65. The minimum atomic E-state index is 0.0287. The van der Waals surface area contributed by atoms with E-state index in [1.807, 2.05) is 24.0 Å². The molecule has 1 aromatic rings. The summed E-state index contributed by atoms with van der Waals surface area (Å²) >= 11 is 12.1. The molecule has 2 rings (SSSR count). The van der Waals surface area contributed by atoms with E-state index in [4.69, 9.17) is 23.2 Å². The maximum Gasteiger partial charge on any atom is 0.253 e. The number of likely N-dealkylation sites (tertiary alicyclic amines) is 1. The molecular weight excluding hydrogens is 257 g/mol. The molecule has 1 aromatic carbocycles. The zero-order valence-electron chi connectivity index (χ0n) is 9.75. The van der Waals surface area contributed by atoms with Gasteiger partial charge < -0.3 is 4.90 Å². The number of piperidine rings is 1. The molecule has 1 aliphatic heterocycles. The Bertz CT molecular complexity index is 413. The molecule has 2 nitrogen and oxygen atoms in total. The summed E-state index contributed by atoms with van der Waals surface area (Å²) in [5, 5.41) is 0.681. The van der Waals surface area contributed by atoms with Gasteiger partial charge in [0.05, 0.1) is 5.38 Å². The van der Waals surface area contributed by atoms with Crippen LogP contribution in [-0.2, 0) is 0 Å². The molecule has 17 heavy (non-hydrogen) atoms. The van der Waals surface area contributed by atoms with E-state index in [9.17, 15) is 4.79 Å². The number of hydrogen-bond donors (Lipinski definition) is 0. The van der Waals surface area contributed by atoms with Crippen LogP contribution in [0.5, 0.6) is 0 Å². The quantitative estimate of drug-likeness (QED) is 0.716. The summed E-state index contributed by atoms with van der Waals surface area (Å²) in [4.78, 5) is 14.1. The first kappa shape index (κ1) is 12.7. The van der Waals surface area contributed by atoms with Crippen molar-refractivity contribution in [3.63, 3.8) is 0 Å². The summed E-state index contributed by atoms with van der Waals surface area (Å²) < 4.78 is 0. The molecular formula is C13H15Cl2NO. The van der Waals surface area contributed by atoms with E-state index in [0.29, 0.717) is 17.1 Å². The van der Waals surface area contributed by atoms with Gasteiger partial charge in [-0.3, -0.25) is 4.79 Å². The van der Waals surface area contributed by atoms with E-state index in [-0.39, 0.29) is 11.3 Å². The number of amides is 1. The van der Waals surface area contributed by atoms with E-state index in [1.165, 1.54) is 0 Å². The normalized spacial score (nSPS) is 20.4. The predicted octanol–water partition coefficient (Wildman–Crippen LogP) is 3.49. The first-order valence-corrected chi connectivity index (χ1v) is 6.58. The van der Waals surface area contributed by atoms with Crippen LogP contribution in [0.15, 0.2) is 18.2 Å². The van der Waals surface area contributed by atoms with Crippen LogP contribution in [0.3, 0.4) is 0 Å². The second-order valence-electron chi connectivity index (χ2n) is 4.51. The van der Waals surface area contributed by atoms with Crippen LogP contribution in [0.4, 0.5) is 0 Å². The molecule has 1 heterocycles. The van der Waals surface area contributed by atoms with Gasteiger partial charge >= 0.3 is 0 Å². The minimum absolute atomic E-state index is 0.0287. The van der Waals surface area contributed by atoms with Gasteiger partial charge in [0, 0.05) is 23.7 Å². The highest BCUT2D eigenvalue weighted by atomic mass is 35.5. The fourth-order valence-electron chi connectivity index (χ4n) is 2.15. The lowest BCUT2D eigenvalue weighted by molar-refractivity contribution is 0.0727. The Kier molecular flexibility index (Phi) is 3.95. The number of carbonyl (C=O) groups is 1. The fourth-order valence-corrected chi connectivity index (χ4v) is 2.76. The zero-order chi connectivity index (χ0) is 12.4. The lowest BCUT2D eigenvalue weighted by Gasteiger charge is -2.30. The van der Waals surface area contributed by atoms with Gasteiger partial charge in [-0.05, 0) is 43.5 Å².